The lowest BCUT2D eigenvalue weighted by Gasteiger charge is -2.12. The molecule has 4 nitrogen and oxygen atoms in total. The molecular weight excluding hydrogens is 104 g/mol. The van der Waals surface area contributed by atoms with E-state index in [4.69, 9.17) is 11.3 Å². The van der Waals surface area contributed by atoms with Crippen LogP contribution in [0, 0.1) is 0 Å². The predicted molar refractivity (Wildman–Crippen MR) is 32.3 cm³/mol. The van der Waals surface area contributed by atoms with Gasteiger partial charge < -0.3 is 5.73 Å². The summed E-state index contributed by atoms with van der Waals surface area (Å²) in [5.41, 5.74) is 12.9. The van der Waals surface area contributed by atoms with Gasteiger partial charge in [0.2, 0.25) is 0 Å². The van der Waals surface area contributed by atoms with E-state index in [1.807, 2.05) is 13.8 Å². The quantitative estimate of drug-likeness (QED) is 0.325. The number of azide groups is 1. The van der Waals surface area contributed by atoms with Crippen LogP contribution in [-0.2, 0) is 0 Å². The first-order chi connectivity index (χ1) is 3.56. The third-order valence-electron chi connectivity index (χ3n) is 0.541. The smallest absolute Gasteiger partial charge is 0.0433 e. The summed E-state index contributed by atoms with van der Waals surface area (Å²) in [7, 11) is 0. The van der Waals surface area contributed by atoms with Crippen LogP contribution in [0.25, 0.3) is 10.4 Å². The zero-order valence-electron chi connectivity index (χ0n) is 5.13. The van der Waals surface area contributed by atoms with Crippen LogP contribution < -0.4 is 5.73 Å². The Labute approximate surface area is 48.3 Å². The van der Waals surface area contributed by atoms with Gasteiger partial charge in [0.25, 0.3) is 0 Å². The number of nitrogens with two attached hydrogens (primary N) is 1. The molecule has 4 heteroatoms. The van der Waals surface area contributed by atoms with E-state index in [1.165, 1.54) is 0 Å². The molecule has 2 N–H and O–H groups in total. The molecule has 0 aromatic heterocycles. The zero-order valence-corrected chi connectivity index (χ0v) is 5.13. The van der Waals surface area contributed by atoms with Crippen LogP contribution in [0.5, 0.6) is 0 Å². The van der Waals surface area contributed by atoms with Crippen molar-refractivity contribution < 1.29 is 0 Å². The van der Waals surface area contributed by atoms with Crippen LogP contribution in [0.3, 0.4) is 0 Å². The van der Waals surface area contributed by atoms with Crippen LogP contribution in [0.15, 0.2) is 5.11 Å². The molecule has 0 heterocycles. The fourth-order valence-corrected chi connectivity index (χ4v) is 0.214. The number of hydrogen-bond acceptors (Lipinski definition) is 2. The van der Waals surface area contributed by atoms with Gasteiger partial charge in [0, 0.05) is 17.0 Å². The molecule has 0 aromatic carbocycles. The van der Waals surface area contributed by atoms with Crippen molar-refractivity contribution in [1.82, 2.24) is 0 Å². The van der Waals surface area contributed by atoms with E-state index < -0.39 is 0 Å². The van der Waals surface area contributed by atoms with Crippen LogP contribution in [0.4, 0.5) is 0 Å². The summed E-state index contributed by atoms with van der Waals surface area (Å²) in [5.74, 6) is 0. The van der Waals surface area contributed by atoms with Gasteiger partial charge in [0.15, 0.2) is 0 Å². The van der Waals surface area contributed by atoms with Gasteiger partial charge >= 0.3 is 0 Å². The highest BCUT2D eigenvalue weighted by Crippen LogP contribution is 1.95. The molecule has 0 spiro atoms. The van der Waals surface area contributed by atoms with E-state index >= 15 is 0 Å². The summed E-state index contributed by atoms with van der Waals surface area (Å²) in [6.07, 6.45) is 0. The predicted octanol–water partition coefficient (Wildman–Crippen LogP) is 1.03. The van der Waals surface area contributed by atoms with Crippen molar-refractivity contribution in [2.75, 3.05) is 6.54 Å². The summed E-state index contributed by atoms with van der Waals surface area (Å²) in [4.78, 5) is 2.57. The SMILES string of the molecule is CC(C)(N)CN=[N+]=[N-]. The molecule has 46 valence electrons. The highest BCUT2D eigenvalue weighted by Gasteiger charge is 2.06. The van der Waals surface area contributed by atoms with E-state index in [2.05, 4.69) is 10.0 Å². The lowest BCUT2D eigenvalue weighted by molar-refractivity contribution is 0.531. The maximum Gasteiger partial charge on any atom is 0.0433 e. The number of nitrogens with zero attached hydrogens (tertiary/aromatic N) is 3. The van der Waals surface area contributed by atoms with E-state index in [9.17, 15) is 0 Å². The van der Waals surface area contributed by atoms with Crippen LogP contribution in [0.1, 0.15) is 13.8 Å². The summed E-state index contributed by atoms with van der Waals surface area (Å²) >= 11 is 0. The van der Waals surface area contributed by atoms with Crippen molar-refractivity contribution >= 4 is 0 Å². The van der Waals surface area contributed by atoms with E-state index in [0.29, 0.717) is 6.54 Å². The minimum Gasteiger partial charge on any atom is -0.325 e. The summed E-state index contributed by atoms with van der Waals surface area (Å²) in [6.45, 7) is 3.97. The van der Waals surface area contributed by atoms with E-state index in [-0.39, 0.29) is 5.54 Å². The Bertz CT molecular complexity index is 106. The minimum atomic E-state index is -0.369. The Balaban J connectivity index is 3.55. The fraction of sp³-hybridized carbons (Fsp3) is 1.00. The third-order valence-corrected chi connectivity index (χ3v) is 0.541. The monoisotopic (exact) mass is 114 g/mol. The molecule has 0 aliphatic heterocycles. The maximum absolute atomic E-state index is 7.83. The molecular formula is C4H10N4. The fourth-order valence-electron chi connectivity index (χ4n) is 0.214. The second-order valence-electron chi connectivity index (χ2n) is 2.38. The Morgan fingerprint density at radius 3 is 2.38 bits per heavy atom. The Morgan fingerprint density at radius 2 is 2.25 bits per heavy atom. The molecule has 0 atom stereocenters. The molecule has 0 fully saturated rings. The molecule has 0 aromatic rings. The van der Waals surface area contributed by atoms with Crippen LogP contribution in [0.2, 0.25) is 0 Å². The largest absolute Gasteiger partial charge is 0.325 e. The highest BCUT2D eigenvalue weighted by molar-refractivity contribution is 4.74. The van der Waals surface area contributed by atoms with Crippen molar-refractivity contribution in [3.63, 3.8) is 0 Å². The van der Waals surface area contributed by atoms with Gasteiger partial charge in [-0.1, -0.05) is 5.11 Å². The Kier molecular flexibility index (Phi) is 2.31. The van der Waals surface area contributed by atoms with Gasteiger partial charge in [0.1, 0.15) is 0 Å². The van der Waals surface area contributed by atoms with E-state index in [1.54, 1.807) is 0 Å². The zero-order chi connectivity index (χ0) is 6.62. The minimum absolute atomic E-state index is 0.351. The van der Waals surface area contributed by atoms with Crippen LogP contribution in [-0.4, -0.2) is 12.1 Å². The van der Waals surface area contributed by atoms with Gasteiger partial charge in [0.05, 0.1) is 0 Å². The van der Waals surface area contributed by atoms with Crippen molar-refractivity contribution in [3.8, 4) is 0 Å². The molecule has 8 heavy (non-hydrogen) atoms. The van der Waals surface area contributed by atoms with E-state index in [0.717, 1.165) is 0 Å². The third kappa shape index (κ3) is 5.27. The maximum atomic E-state index is 7.83. The average molecular weight is 114 g/mol. The number of hydrogen-bond donors (Lipinski definition) is 1. The van der Waals surface area contributed by atoms with Gasteiger partial charge in [-0.25, -0.2) is 0 Å². The van der Waals surface area contributed by atoms with Gasteiger partial charge in [-0.15, -0.1) is 0 Å². The van der Waals surface area contributed by atoms with Gasteiger partial charge in [-0.05, 0) is 19.4 Å². The molecule has 0 rings (SSSR count). The molecule has 0 saturated heterocycles. The van der Waals surface area contributed by atoms with Crippen molar-refractivity contribution in [2.45, 2.75) is 19.4 Å². The normalized spacial score (nSPS) is 10.4. The van der Waals surface area contributed by atoms with Crippen molar-refractivity contribution in [3.05, 3.63) is 10.4 Å². The summed E-state index contributed by atoms with van der Waals surface area (Å²) in [6, 6.07) is 0. The topological polar surface area (TPSA) is 74.8 Å². The molecule has 0 aliphatic rings. The Morgan fingerprint density at radius 1 is 1.75 bits per heavy atom. The van der Waals surface area contributed by atoms with Gasteiger partial charge in [-0.2, -0.15) is 0 Å². The standard InChI is InChI=1S/C4H10N4/c1-4(2,5)3-7-8-6/h3,5H2,1-2H3. The number of rotatable bonds is 2. The lowest BCUT2D eigenvalue weighted by Crippen LogP contribution is -2.34. The molecule has 0 unspecified atom stereocenters. The first-order valence-electron chi connectivity index (χ1n) is 2.36. The van der Waals surface area contributed by atoms with Crippen LogP contribution >= 0.6 is 0 Å². The summed E-state index contributed by atoms with van der Waals surface area (Å²) < 4.78 is 0. The Hall–Kier alpha value is -0.730. The van der Waals surface area contributed by atoms with Gasteiger partial charge in [-0.3, -0.25) is 0 Å². The first-order valence-corrected chi connectivity index (χ1v) is 2.36. The lowest BCUT2D eigenvalue weighted by atomic mass is 10.1. The first kappa shape index (κ1) is 7.27. The second-order valence-corrected chi connectivity index (χ2v) is 2.38. The molecule has 0 bridgehead atoms. The molecule has 0 saturated carbocycles. The average Bonchev–Trinajstić information content (AvgIpc) is 1.59. The summed E-state index contributed by atoms with van der Waals surface area (Å²) in [5, 5.41) is 3.30. The second kappa shape index (κ2) is 2.55. The molecule has 0 aliphatic carbocycles. The van der Waals surface area contributed by atoms with Crippen molar-refractivity contribution in [2.24, 2.45) is 10.8 Å². The molecule has 0 amide bonds. The van der Waals surface area contributed by atoms with Crippen molar-refractivity contribution in [1.29, 1.82) is 0 Å². The highest BCUT2D eigenvalue weighted by atomic mass is 15.1. The molecule has 0 radical (unpaired) electrons.